The number of carbonyl (C=O) groups is 2. The smallest absolute Gasteiger partial charge is 0.341 e. The van der Waals surface area contributed by atoms with Crippen molar-refractivity contribution in [2.24, 2.45) is 0 Å². The molecule has 0 saturated carbocycles. The van der Waals surface area contributed by atoms with E-state index < -0.39 is 0 Å². The average molecular weight is 533 g/mol. The SMILES string of the molecule is COC(=O)c1c(NC(=O)CSc2nnc(-c3csc(C(C)C)c3)n2C(C)C)sc2c1CCCCC2. The van der Waals surface area contributed by atoms with E-state index in [1.54, 1.807) is 11.3 Å². The lowest BCUT2D eigenvalue weighted by Gasteiger charge is -2.13. The molecule has 0 radical (unpaired) electrons. The second-order valence-corrected chi connectivity index (χ2v) is 12.2. The van der Waals surface area contributed by atoms with Crippen LogP contribution in [0.15, 0.2) is 16.6 Å². The van der Waals surface area contributed by atoms with E-state index in [0.29, 0.717) is 21.6 Å². The van der Waals surface area contributed by atoms with E-state index in [2.05, 4.69) is 59.2 Å². The van der Waals surface area contributed by atoms with Crippen LogP contribution in [0.25, 0.3) is 11.4 Å². The highest BCUT2D eigenvalue weighted by atomic mass is 32.2. The van der Waals surface area contributed by atoms with E-state index in [0.717, 1.165) is 49.1 Å². The number of rotatable bonds is 8. The van der Waals surface area contributed by atoms with Gasteiger partial charge in [0.15, 0.2) is 11.0 Å². The maximum atomic E-state index is 12.9. The molecule has 0 fully saturated rings. The van der Waals surface area contributed by atoms with Gasteiger partial charge in [-0.1, -0.05) is 32.0 Å². The molecule has 0 aliphatic heterocycles. The molecule has 3 heterocycles. The highest BCUT2D eigenvalue weighted by molar-refractivity contribution is 7.99. The molecule has 1 amide bonds. The zero-order valence-electron chi connectivity index (χ0n) is 20.8. The fourth-order valence-corrected chi connectivity index (χ4v) is 7.32. The molecular formula is C25H32N4O3S3. The number of nitrogens with zero attached hydrogens (tertiary/aromatic N) is 3. The first kappa shape index (κ1) is 25.9. The van der Waals surface area contributed by atoms with Crippen LogP contribution in [0, 0.1) is 0 Å². The quantitative estimate of drug-likeness (QED) is 0.201. The average Bonchev–Trinajstić information content (AvgIpc) is 3.51. The number of nitrogens with one attached hydrogen (secondary N) is 1. The van der Waals surface area contributed by atoms with Crippen LogP contribution in [0.2, 0.25) is 0 Å². The van der Waals surface area contributed by atoms with Gasteiger partial charge < -0.3 is 10.1 Å². The summed E-state index contributed by atoms with van der Waals surface area (Å²) < 4.78 is 7.13. The van der Waals surface area contributed by atoms with Crippen molar-refractivity contribution in [2.45, 2.75) is 76.9 Å². The van der Waals surface area contributed by atoms with Crippen LogP contribution < -0.4 is 5.32 Å². The third-order valence-electron chi connectivity index (χ3n) is 6.02. The molecule has 0 unspecified atom stereocenters. The Balaban J connectivity index is 1.50. The molecule has 1 aliphatic rings. The summed E-state index contributed by atoms with van der Waals surface area (Å²) in [5.74, 6) is 0.904. The molecule has 0 bridgehead atoms. The van der Waals surface area contributed by atoms with Crippen molar-refractivity contribution in [3.05, 3.63) is 32.3 Å². The van der Waals surface area contributed by atoms with E-state index in [9.17, 15) is 9.59 Å². The Bertz CT molecular complexity index is 1210. The fourth-order valence-electron chi connectivity index (χ4n) is 4.25. The lowest BCUT2D eigenvalue weighted by atomic mass is 10.1. The molecule has 188 valence electrons. The summed E-state index contributed by atoms with van der Waals surface area (Å²) in [6.45, 7) is 8.54. The van der Waals surface area contributed by atoms with Crippen molar-refractivity contribution in [3.63, 3.8) is 0 Å². The lowest BCUT2D eigenvalue weighted by Crippen LogP contribution is -2.17. The number of anilines is 1. The van der Waals surface area contributed by atoms with Crippen LogP contribution in [0.3, 0.4) is 0 Å². The molecule has 0 atom stereocenters. The maximum absolute atomic E-state index is 12.9. The van der Waals surface area contributed by atoms with E-state index >= 15 is 0 Å². The van der Waals surface area contributed by atoms with E-state index in [1.165, 1.54) is 40.0 Å². The number of ether oxygens (including phenoxy) is 1. The Labute approximate surface area is 218 Å². The minimum absolute atomic E-state index is 0.145. The first-order valence-corrected chi connectivity index (χ1v) is 14.7. The monoisotopic (exact) mass is 532 g/mol. The molecule has 3 aromatic rings. The Morgan fingerprint density at radius 3 is 2.63 bits per heavy atom. The predicted octanol–water partition coefficient (Wildman–Crippen LogP) is 6.56. The van der Waals surface area contributed by atoms with Crippen LogP contribution in [-0.2, 0) is 22.4 Å². The summed E-state index contributed by atoms with van der Waals surface area (Å²) in [5, 5.41) is 15.3. The summed E-state index contributed by atoms with van der Waals surface area (Å²) in [7, 11) is 1.39. The number of aryl methyl sites for hydroxylation is 1. The molecule has 35 heavy (non-hydrogen) atoms. The maximum Gasteiger partial charge on any atom is 0.341 e. The number of aromatic nitrogens is 3. The van der Waals surface area contributed by atoms with Crippen molar-refractivity contribution in [2.75, 3.05) is 18.2 Å². The van der Waals surface area contributed by atoms with Crippen molar-refractivity contribution in [3.8, 4) is 11.4 Å². The van der Waals surface area contributed by atoms with Crippen LogP contribution in [0.4, 0.5) is 5.00 Å². The van der Waals surface area contributed by atoms with Crippen LogP contribution in [-0.4, -0.2) is 39.5 Å². The van der Waals surface area contributed by atoms with Gasteiger partial charge in [0.1, 0.15) is 5.00 Å². The molecule has 1 N–H and O–H groups in total. The van der Waals surface area contributed by atoms with Crippen molar-refractivity contribution >= 4 is 51.3 Å². The number of carbonyl (C=O) groups excluding carboxylic acids is 2. The number of thiophene rings is 2. The summed E-state index contributed by atoms with van der Waals surface area (Å²) in [4.78, 5) is 28.0. The topological polar surface area (TPSA) is 86.1 Å². The first-order valence-electron chi connectivity index (χ1n) is 12.0. The second-order valence-electron chi connectivity index (χ2n) is 9.26. The van der Waals surface area contributed by atoms with Gasteiger partial charge in [-0.15, -0.1) is 32.9 Å². The number of hydrogen-bond donors (Lipinski definition) is 1. The second kappa shape index (κ2) is 11.3. The number of fused-ring (bicyclic) bond motifs is 1. The minimum atomic E-state index is -0.381. The number of hydrogen-bond acceptors (Lipinski definition) is 8. The Kier molecular flexibility index (Phi) is 8.34. The van der Waals surface area contributed by atoms with Gasteiger partial charge in [0.25, 0.3) is 0 Å². The lowest BCUT2D eigenvalue weighted by molar-refractivity contribution is -0.113. The van der Waals surface area contributed by atoms with Crippen LogP contribution >= 0.6 is 34.4 Å². The Hall–Kier alpha value is -2.17. The third-order valence-corrected chi connectivity index (χ3v) is 9.41. The van der Waals surface area contributed by atoms with Gasteiger partial charge in [0, 0.05) is 26.7 Å². The van der Waals surface area contributed by atoms with Crippen LogP contribution in [0.1, 0.15) is 84.6 Å². The molecule has 0 aromatic carbocycles. The molecular weight excluding hydrogens is 501 g/mol. The number of thioether (sulfide) groups is 1. The number of esters is 1. The zero-order chi connectivity index (χ0) is 25.1. The summed E-state index contributed by atoms with van der Waals surface area (Å²) in [6.07, 6.45) is 5.10. The largest absolute Gasteiger partial charge is 0.465 e. The molecule has 10 heteroatoms. The highest BCUT2D eigenvalue weighted by Gasteiger charge is 2.26. The Morgan fingerprint density at radius 1 is 1.17 bits per heavy atom. The summed E-state index contributed by atoms with van der Waals surface area (Å²) in [6, 6.07) is 2.32. The normalized spacial score (nSPS) is 13.7. The van der Waals surface area contributed by atoms with Gasteiger partial charge in [-0.3, -0.25) is 9.36 Å². The molecule has 1 aliphatic carbocycles. The van der Waals surface area contributed by atoms with Crippen molar-refractivity contribution < 1.29 is 14.3 Å². The predicted molar refractivity (Wildman–Crippen MR) is 144 cm³/mol. The molecule has 0 saturated heterocycles. The van der Waals surface area contributed by atoms with Crippen molar-refractivity contribution in [1.82, 2.24) is 14.8 Å². The van der Waals surface area contributed by atoms with Crippen molar-refractivity contribution in [1.29, 1.82) is 0 Å². The van der Waals surface area contributed by atoms with E-state index in [1.807, 2.05) is 0 Å². The number of methoxy groups -OCH3 is 1. The fraction of sp³-hybridized carbons (Fsp3) is 0.520. The highest BCUT2D eigenvalue weighted by Crippen LogP contribution is 2.38. The van der Waals surface area contributed by atoms with Gasteiger partial charge in [0.05, 0.1) is 18.4 Å². The molecule has 3 aromatic heterocycles. The standard InChI is InChI=1S/C25H32N4O3S3/c1-14(2)19-11-16(12-33-19)22-27-28-25(29(22)15(3)4)34-13-20(30)26-23-21(24(31)32-5)17-9-7-6-8-10-18(17)35-23/h11-12,14-15H,6-10,13H2,1-5H3,(H,26,30). The summed E-state index contributed by atoms with van der Waals surface area (Å²) >= 11 is 4.60. The minimum Gasteiger partial charge on any atom is -0.465 e. The van der Waals surface area contributed by atoms with Gasteiger partial charge >= 0.3 is 5.97 Å². The molecule has 4 rings (SSSR count). The van der Waals surface area contributed by atoms with E-state index in [-0.39, 0.29) is 23.7 Å². The zero-order valence-corrected chi connectivity index (χ0v) is 23.3. The third kappa shape index (κ3) is 5.65. The summed E-state index contributed by atoms with van der Waals surface area (Å²) in [5.41, 5.74) is 2.63. The first-order chi connectivity index (χ1) is 16.8. The van der Waals surface area contributed by atoms with Gasteiger partial charge in [-0.05, 0) is 57.1 Å². The van der Waals surface area contributed by atoms with Crippen LogP contribution in [0.5, 0.6) is 0 Å². The van der Waals surface area contributed by atoms with Gasteiger partial charge in [-0.2, -0.15) is 0 Å². The Morgan fingerprint density at radius 2 is 1.94 bits per heavy atom. The molecule has 7 nitrogen and oxygen atoms in total. The number of amides is 1. The molecule has 0 spiro atoms. The van der Waals surface area contributed by atoms with Gasteiger partial charge in [-0.25, -0.2) is 4.79 Å². The van der Waals surface area contributed by atoms with Gasteiger partial charge in [0.2, 0.25) is 5.91 Å². The van der Waals surface area contributed by atoms with E-state index in [4.69, 9.17) is 4.74 Å².